The van der Waals surface area contributed by atoms with Crippen molar-refractivity contribution in [2.75, 3.05) is 11.4 Å². The van der Waals surface area contributed by atoms with Crippen LogP contribution < -0.4 is 9.47 Å². The van der Waals surface area contributed by atoms with Crippen LogP contribution in [0.25, 0.3) is 16.3 Å². The summed E-state index contributed by atoms with van der Waals surface area (Å²) in [6, 6.07) is 12.0. The quantitative estimate of drug-likeness (QED) is 0.184. The Balaban J connectivity index is 1.60. The molecule has 0 N–H and O–H groups in total. The first-order valence-electron chi connectivity index (χ1n) is 10.2. The summed E-state index contributed by atoms with van der Waals surface area (Å²) in [6.07, 6.45) is 12.4. The van der Waals surface area contributed by atoms with Gasteiger partial charge in [-0.3, -0.25) is 0 Å². The molecule has 0 saturated carbocycles. The topological polar surface area (TPSA) is 7.12 Å². The molecule has 2 nitrogen and oxygen atoms in total. The highest BCUT2D eigenvalue weighted by Crippen LogP contribution is 2.46. The second kappa shape index (κ2) is 10.1. The van der Waals surface area contributed by atoms with Crippen LogP contribution in [0, 0.1) is 0 Å². The Kier molecular flexibility index (Phi) is 7.27. The number of hydrogen-bond donors (Lipinski definition) is 0. The maximum absolute atomic E-state index is 6.22. The number of benzene rings is 2. The maximum Gasteiger partial charge on any atom is 0.263 e. The molecule has 32 heavy (non-hydrogen) atoms. The van der Waals surface area contributed by atoms with Crippen LogP contribution in [-0.4, -0.2) is 6.54 Å². The highest BCUT2D eigenvalue weighted by Gasteiger charge is 2.24. The number of aromatic nitrogens is 1. The molecule has 0 saturated heterocycles. The largest absolute Gasteiger partial charge is 0.331 e. The van der Waals surface area contributed by atoms with E-state index in [2.05, 4.69) is 66.0 Å². The van der Waals surface area contributed by atoms with Gasteiger partial charge in [-0.25, -0.2) is 0 Å². The number of thiazole rings is 1. The lowest BCUT2D eigenvalue weighted by molar-refractivity contribution is -0.658. The van der Waals surface area contributed by atoms with Gasteiger partial charge in [0, 0.05) is 33.6 Å². The molecule has 0 fully saturated rings. The first kappa shape index (κ1) is 22.9. The molecule has 1 aliphatic rings. The minimum Gasteiger partial charge on any atom is -0.331 e. The van der Waals surface area contributed by atoms with Crippen LogP contribution in [-0.2, 0) is 6.54 Å². The van der Waals surface area contributed by atoms with Gasteiger partial charge in [-0.1, -0.05) is 76.7 Å². The number of hydrogen-bond acceptors (Lipinski definition) is 3. The van der Waals surface area contributed by atoms with Gasteiger partial charge in [0.05, 0.1) is 10.7 Å². The number of allylic oxidation sites excluding steroid dienone is 5. The Morgan fingerprint density at radius 2 is 1.88 bits per heavy atom. The van der Waals surface area contributed by atoms with Gasteiger partial charge in [0.15, 0.2) is 6.54 Å². The van der Waals surface area contributed by atoms with Crippen LogP contribution in [0.4, 0.5) is 5.69 Å². The lowest BCUT2D eigenvalue weighted by atomic mass is 10.2. The van der Waals surface area contributed by atoms with Crippen molar-refractivity contribution >= 4 is 68.3 Å². The van der Waals surface area contributed by atoms with E-state index in [1.54, 1.807) is 23.1 Å². The van der Waals surface area contributed by atoms with E-state index in [4.69, 9.17) is 23.2 Å². The minimum absolute atomic E-state index is 0.737. The van der Waals surface area contributed by atoms with Gasteiger partial charge >= 0.3 is 0 Å². The Labute approximate surface area is 207 Å². The highest BCUT2D eigenvalue weighted by atomic mass is 35.5. The molecular formula is C26H23Cl2N2S2+. The molecule has 4 rings (SSSR count). The van der Waals surface area contributed by atoms with Gasteiger partial charge < -0.3 is 4.90 Å². The summed E-state index contributed by atoms with van der Waals surface area (Å²) < 4.78 is 3.44. The molecule has 0 bridgehead atoms. The van der Waals surface area contributed by atoms with E-state index in [1.807, 2.05) is 36.4 Å². The van der Waals surface area contributed by atoms with Gasteiger partial charge in [0.1, 0.15) is 4.70 Å². The molecular weight excluding hydrogens is 475 g/mol. The number of thioether (sulfide) groups is 1. The van der Waals surface area contributed by atoms with Crippen molar-refractivity contribution in [1.82, 2.24) is 0 Å². The van der Waals surface area contributed by atoms with Gasteiger partial charge in [0.2, 0.25) is 5.52 Å². The summed E-state index contributed by atoms with van der Waals surface area (Å²) in [6.45, 7) is 11.4. The lowest BCUT2D eigenvalue weighted by Gasteiger charge is -2.18. The third-order valence-corrected chi connectivity index (χ3v) is 7.72. The van der Waals surface area contributed by atoms with Crippen LogP contribution >= 0.6 is 46.3 Å². The van der Waals surface area contributed by atoms with Gasteiger partial charge in [-0.2, -0.15) is 4.57 Å². The predicted molar refractivity (Wildman–Crippen MR) is 143 cm³/mol. The second-order valence-electron chi connectivity index (χ2n) is 7.31. The Hall–Kier alpha value is -2.24. The first-order valence-corrected chi connectivity index (χ1v) is 12.5. The molecule has 0 aliphatic carbocycles. The third kappa shape index (κ3) is 4.89. The molecule has 0 atom stereocenters. The van der Waals surface area contributed by atoms with Crippen LogP contribution in [0.1, 0.15) is 11.9 Å². The molecule has 2 heterocycles. The Bertz CT molecular complexity index is 1280. The minimum atomic E-state index is 0.737. The number of halogens is 2. The van der Waals surface area contributed by atoms with Crippen LogP contribution in [0.3, 0.4) is 0 Å². The standard InChI is InChI=1S/C26H23Cl2N2S2/c1-4-14-29-21-16-19(27)8-10-23(21)31-25(29)12-6-18(3)7-13-26-30(15-5-2)22-17-20(28)9-11-24(22)32-26/h4-13,16-17H,1-2,14-15H2,3H3/q+1. The molecule has 6 heteroatoms. The van der Waals surface area contributed by atoms with Gasteiger partial charge in [-0.15, -0.1) is 6.58 Å². The molecule has 0 radical (unpaired) electrons. The second-order valence-corrected chi connectivity index (χ2v) is 10.3. The number of nitrogens with zero attached hydrogens (tertiary/aromatic N) is 2. The van der Waals surface area contributed by atoms with E-state index in [9.17, 15) is 0 Å². The van der Waals surface area contributed by atoms with Crippen molar-refractivity contribution in [2.24, 2.45) is 0 Å². The normalized spacial score (nSPS) is 15.2. The van der Waals surface area contributed by atoms with E-state index in [-0.39, 0.29) is 0 Å². The SMILES string of the molecule is C=CCN1/C(=C/C=C(C)/C=C/c2sc3ccc(Cl)cc3[n+]2CC=C)Sc2ccc(Cl)cc21. The molecule has 0 amide bonds. The number of anilines is 1. The average Bonchev–Trinajstić information content (AvgIpc) is 3.29. The van der Waals surface area contributed by atoms with Crippen LogP contribution in [0.5, 0.6) is 0 Å². The number of rotatable bonds is 7. The first-order chi connectivity index (χ1) is 15.5. The van der Waals surface area contributed by atoms with Crippen molar-refractivity contribution in [2.45, 2.75) is 18.4 Å². The van der Waals surface area contributed by atoms with Crippen molar-refractivity contribution in [1.29, 1.82) is 0 Å². The summed E-state index contributed by atoms with van der Waals surface area (Å²) in [7, 11) is 0. The van der Waals surface area contributed by atoms with Crippen LogP contribution in [0.2, 0.25) is 10.0 Å². The van der Waals surface area contributed by atoms with Crippen molar-refractivity contribution in [3.8, 4) is 0 Å². The van der Waals surface area contributed by atoms with Crippen LogP contribution in [0.15, 0.2) is 95.4 Å². The van der Waals surface area contributed by atoms with Crippen molar-refractivity contribution in [3.63, 3.8) is 0 Å². The molecule has 0 spiro atoms. The van der Waals surface area contributed by atoms with E-state index in [1.165, 1.54) is 9.60 Å². The summed E-state index contributed by atoms with van der Waals surface area (Å²) >= 11 is 15.9. The van der Waals surface area contributed by atoms with Gasteiger partial charge in [-0.05, 0) is 49.4 Å². The number of fused-ring (bicyclic) bond motifs is 2. The molecule has 2 aromatic carbocycles. The van der Waals surface area contributed by atoms with Crippen molar-refractivity contribution < 1.29 is 4.57 Å². The van der Waals surface area contributed by atoms with Gasteiger partial charge in [0.25, 0.3) is 5.01 Å². The molecule has 1 aliphatic heterocycles. The predicted octanol–water partition coefficient (Wildman–Crippen LogP) is 8.28. The fraction of sp³-hybridized carbons (Fsp3) is 0.115. The lowest BCUT2D eigenvalue weighted by Crippen LogP contribution is -2.33. The smallest absolute Gasteiger partial charge is 0.263 e. The fourth-order valence-electron chi connectivity index (χ4n) is 3.49. The molecule has 1 aromatic heterocycles. The monoisotopic (exact) mass is 497 g/mol. The van der Waals surface area contributed by atoms with E-state index >= 15 is 0 Å². The summed E-state index contributed by atoms with van der Waals surface area (Å²) in [5, 5.41) is 3.81. The average molecular weight is 499 g/mol. The maximum atomic E-state index is 6.22. The summed E-state index contributed by atoms with van der Waals surface area (Å²) in [5.74, 6) is 0. The molecule has 162 valence electrons. The zero-order valence-electron chi connectivity index (χ0n) is 17.7. The Morgan fingerprint density at radius 3 is 2.66 bits per heavy atom. The van der Waals surface area contributed by atoms with Crippen molar-refractivity contribution in [3.05, 3.63) is 106 Å². The van der Waals surface area contributed by atoms with E-state index < -0.39 is 0 Å². The summed E-state index contributed by atoms with van der Waals surface area (Å²) in [4.78, 5) is 3.44. The van der Waals surface area contributed by atoms with E-state index in [0.29, 0.717) is 0 Å². The molecule has 3 aromatic rings. The van der Waals surface area contributed by atoms with E-state index in [0.717, 1.165) is 49.9 Å². The zero-order valence-corrected chi connectivity index (χ0v) is 20.9. The summed E-state index contributed by atoms with van der Waals surface area (Å²) in [5.41, 5.74) is 3.42. The molecule has 0 unspecified atom stereocenters. The zero-order chi connectivity index (χ0) is 22.7. The fourth-order valence-corrected chi connectivity index (χ4v) is 5.93. The highest BCUT2D eigenvalue weighted by molar-refractivity contribution is 8.03. The Morgan fingerprint density at radius 1 is 1.09 bits per heavy atom. The third-order valence-electron chi connectivity index (χ3n) is 4.99.